The van der Waals surface area contributed by atoms with Gasteiger partial charge < -0.3 is 15.2 Å². The minimum absolute atomic E-state index is 0.478. The van der Waals surface area contributed by atoms with Crippen LogP contribution in [0.1, 0.15) is 48.6 Å². The molecule has 136 valence electrons. The molecule has 25 heavy (non-hydrogen) atoms. The van der Waals surface area contributed by atoms with Crippen LogP contribution in [0, 0.1) is 0 Å². The Hall–Kier alpha value is -1.89. The van der Waals surface area contributed by atoms with Crippen molar-refractivity contribution in [3.8, 4) is 0 Å². The van der Waals surface area contributed by atoms with Gasteiger partial charge >= 0.3 is 0 Å². The average Bonchev–Trinajstić information content (AvgIpc) is 3.23. The van der Waals surface area contributed by atoms with Crippen LogP contribution in [-0.2, 0) is 19.4 Å². The van der Waals surface area contributed by atoms with Crippen LogP contribution in [-0.4, -0.2) is 40.9 Å². The van der Waals surface area contributed by atoms with E-state index >= 15 is 0 Å². The Bertz CT molecular complexity index is 676. The summed E-state index contributed by atoms with van der Waals surface area (Å²) in [4.78, 5) is 5.71. The maximum atomic E-state index is 4.38. The van der Waals surface area contributed by atoms with Gasteiger partial charge in [0.05, 0.1) is 0 Å². The van der Waals surface area contributed by atoms with Crippen molar-refractivity contribution in [2.45, 2.75) is 51.5 Å². The molecule has 0 fully saturated rings. The molecule has 1 aliphatic heterocycles. The number of aryl methyl sites for hydroxylation is 1. The lowest BCUT2D eigenvalue weighted by molar-refractivity contribution is 0.599. The maximum absolute atomic E-state index is 4.38. The number of guanidine groups is 1. The maximum Gasteiger partial charge on any atom is 0.191 e. The number of aromatic nitrogens is 3. The second kappa shape index (κ2) is 8.99. The summed E-state index contributed by atoms with van der Waals surface area (Å²) in [7, 11) is 1.81. The van der Waals surface area contributed by atoms with Gasteiger partial charge in [-0.1, -0.05) is 19.4 Å². The molecular weight excluding hydrogens is 332 g/mol. The molecule has 0 aliphatic carbocycles. The topological polar surface area (TPSA) is 67.1 Å². The molecule has 0 radical (unpaired) electrons. The summed E-state index contributed by atoms with van der Waals surface area (Å²) >= 11 is 1.80. The first-order chi connectivity index (χ1) is 12.3. The van der Waals surface area contributed by atoms with E-state index in [1.165, 1.54) is 24.1 Å². The van der Waals surface area contributed by atoms with Gasteiger partial charge in [-0.15, -0.1) is 21.5 Å². The van der Waals surface area contributed by atoms with Crippen molar-refractivity contribution in [3.05, 3.63) is 34.0 Å². The normalized spacial score (nSPS) is 16.2. The van der Waals surface area contributed by atoms with Crippen molar-refractivity contribution < 1.29 is 0 Å². The molecule has 0 saturated heterocycles. The van der Waals surface area contributed by atoms with E-state index in [1.807, 2.05) is 7.05 Å². The molecule has 7 heteroatoms. The molecule has 3 rings (SSSR count). The van der Waals surface area contributed by atoms with E-state index in [1.54, 1.807) is 11.3 Å². The third kappa shape index (κ3) is 4.81. The van der Waals surface area contributed by atoms with Crippen LogP contribution < -0.4 is 10.6 Å². The number of nitrogens with zero attached hydrogens (tertiary/aromatic N) is 4. The lowest BCUT2D eigenvalue weighted by Crippen LogP contribution is -2.40. The quantitative estimate of drug-likeness (QED) is 0.614. The number of fused-ring (bicyclic) bond motifs is 1. The zero-order chi connectivity index (χ0) is 17.5. The Labute approximate surface area is 153 Å². The van der Waals surface area contributed by atoms with E-state index in [-0.39, 0.29) is 0 Å². The lowest BCUT2D eigenvalue weighted by atomic mass is 10.1. The van der Waals surface area contributed by atoms with Crippen molar-refractivity contribution in [2.24, 2.45) is 4.99 Å². The Morgan fingerprint density at radius 1 is 1.32 bits per heavy atom. The van der Waals surface area contributed by atoms with Gasteiger partial charge in [-0.2, -0.15) is 0 Å². The first-order valence-corrected chi connectivity index (χ1v) is 10.0. The number of hydrogen-bond acceptors (Lipinski definition) is 4. The first kappa shape index (κ1) is 17.9. The highest BCUT2D eigenvalue weighted by Gasteiger charge is 2.14. The summed E-state index contributed by atoms with van der Waals surface area (Å²) in [6.07, 6.45) is 5.68. The molecule has 0 bridgehead atoms. The molecule has 3 heterocycles. The predicted octanol–water partition coefficient (Wildman–Crippen LogP) is 2.58. The summed E-state index contributed by atoms with van der Waals surface area (Å²) in [5, 5.41) is 17.7. The summed E-state index contributed by atoms with van der Waals surface area (Å²) < 4.78 is 2.31. The Kier molecular flexibility index (Phi) is 6.44. The van der Waals surface area contributed by atoms with Gasteiger partial charge in [-0.3, -0.25) is 4.99 Å². The van der Waals surface area contributed by atoms with Crippen LogP contribution >= 0.6 is 11.3 Å². The highest BCUT2D eigenvalue weighted by Crippen LogP contribution is 2.19. The third-order valence-corrected chi connectivity index (χ3v) is 5.76. The van der Waals surface area contributed by atoms with E-state index in [2.05, 4.69) is 54.8 Å². The Morgan fingerprint density at radius 3 is 3.04 bits per heavy atom. The highest BCUT2D eigenvalue weighted by molar-refractivity contribution is 7.10. The number of thiophene rings is 1. The summed E-state index contributed by atoms with van der Waals surface area (Å²) in [6, 6.07) is 4.29. The van der Waals surface area contributed by atoms with Crippen molar-refractivity contribution in [1.82, 2.24) is 25.4 Å². The smallest absolute Gasteiger partial charge is 0.191 e. The van der Waals surface area contributed by atoms with Crippen LogP contribution in [0.3, 0.4) is 0 Å². The number of hydrogen-bond donors (Lipinski definition) is 2. The zero-order valence-corrected chi connectivity index (χ0v) is 16.0. The summed E-state index contributed by atoms with van der Waals surface area (Å²) in [5.74, 6) is 3.57. The van der Waals surface area contributed by atoms with Crippen LogP contribution in [0.15, 0.2) is 22.5 Å². The van der Waals surface area contributed by atoms with Crippen LogP contribution in [0.25, 0.3) is 0 Å². The zero-order valence-electron chi connectivity index (χ0n) is 15.2. The summed E-state index contributed by atoms with van der Waals surface area (Å²) in [5.41, 5.74) is 0. The van der Waals surface area contributed by atoms with Crippen molar-refractivity contribution in [2.75, 3.05) is 20.1 Å². The number of aliphatic imine (C=N–C) groups is 1. The van der Waals surface area contributed by atoms with Gasteiger partial charge in [-0.25, -0.2) is 0 Å². The molecule has 0 spiro atoms. The predicted molar refractivity (Wildman–Crippen MR) is 103 cm³/mol. The fraction of sp³-hybridized carbons (Fsp3) is 0.611. The average molecular weight is 361 g/mol. The molecule has 1 unspecified atom stereocenters. The van der Waals surface area contributed by atoms with Gasteiger partial charge in [0.1, 0.15) is 11.6 Å². The highest BCUT2D eigenvalue weighted by atomic mass is 32.1. The lowest BCUT2D eigenvalue weighted by Gasteiger charge is -2.15. The molecule has 0 amide bonds. The van der Waals surface area contributed by atoms with E-state index in [0.29, 0.717) is 5.92 Å². The van der Waals surface area contributed by atoms with E-state index in [0.717, 1.165) is 50.1 Å². The largest absolute Gasteiger partial charge is 0.356 e. The molecular formula is C18H28N6S. The fourth-order valence-corrected chi connectivity index (χ4v) is 3.95. The van der Waals surface area contributed by atoms with Gasteiger partial charge in [-0.05, 0) is 24.3 Å². The number of nitrogens with one attached hydrogen (secondary N) is 2. The van der Waals surface area contributed by atoms with E-state index < -0.39 is 0 Å². The van der Waals surface area contributed by atoms with Crippen LogP contribution in [0.2, 0.25) is 0 Å². The fourth-order valence-electron chi connectivity index (χ4n) is 3.17. The van der Waals surface area contributed by atoms with E-state index in [4.69, 9.17) is 0 Å². The molecule has 1 atom stereocenters. The Morgan fingerprint density at radius 2 is 2.24 bits per heavy atom. The molecule has 1 aliphatic rings. The molecule has 0 saturated carbocycles. The minimum atomic E-state index is 0.478. The van der Waals surface area contributed by atoms with E-state index in [9.17, 15) is 0 Å². The molecule has 2 N–H and O–H groups in total. The van der Waals surface area contributed by atoms with Crippen LogP contribution in [0.5, 0.6) is 0 Å². The number of rotatable bonds is 6. The SMILES string of the molecule is CN=C(NCCc1nnc2n1CCCCC2)NCC(C)c1cccs1. The van der Waals surface area contributed by atoms with Gasteiger partial charge in [0, 0.05) is 50.3 Å². The molecule has 2 aromatic heterocycles. The van der Waals surface area contributed by atoms with Gasteiger partial charge in [0.2, 0.25) is 0 Å². The minimum Gasteiger partial charge on any atom is -0.356 e. The standard InChI is InChI=1S/C18H28N6S/c1-14(15-7-6-12-25-15)13-21-18(19-2)20-10-9-17-23-22-16-8-4-3-5-11-24(16)17/h6-7,12,14H,3-5,8-11,13H2,1-2H3,(H2,19,20,21). The van der Waals surface area contributed by atoms with Gasteiger partial charge in [0.15, 0.2) is 5.96 Å². The summed E-state index contributed by atoms with van der Waals surface area (Å²) in [6.45, 7) is 4.98. The van der Waals surface area contributed by atoms with Crippen molar-refractivity contribution >= 4 is 17.3 Å². The Balaban J connectivity index is 1.45. The first-order valence-electron chi connectivity index (χ1n) is 9.17. The second-order valence-corrected chi connectivity index (χ2v) is 7.52. The van der Waals surface area contributed by atoms with Crippen molar-refractivity contribution in [3.63, 3.8) is 0 Å². The second-order valence-electron chi connectivity index (χ2n) is 6.54. The molecule has 0 aromatic carbocycles. The molecule has 2 aromatic rings. The van der Waals surface area contributed by atoms with Gasteiger partial charge in [0.25, 0.3) is 0 Å². The monoisotopic (exact) mass is 360 g/mol. The van der Waals surface area contributed by atoms with Crippen LogP contribution in [0.4, 0.5) is 0 Å². The third-order valence-electron chi connectivity index (χ3n) is 4.66. The van der Waals surface area contributed by atoms with Crippen molar-refractivity contribution in [1.29, 1.82) is 0 Å². The molecule has 6 nitrogen and oxygen atoms in total.